The molecule has 2 aromatic rings. The van der Waals surface area contributed by atoms with Crippen molar-refractivity contribution in [2.45, 2.75) is 19.4 Å². The minimum absolute atomic E-state index is 0.280. The number of likely N-dealkylation sites (N-methyl/N-ethyl adjacent to an activating group) is 1. The Morgan fingerprint density at radius 1 is 1.47 bits per heavy atom. The highest BCUT2D eigenvalue weighted by Crippen LogP contribution is 2.28. The van der Waals surface area contributed by atoms with E-state index in [1.54, 1.807) is 6.07 Å². The van der Waals surface area contributed by atoms with Gasteiger partial charge in [-0.3, -0.25) is 4.98 Å². The van der Waals surface area contributed by atoms with Crippen molar-refractivity contribution in [3.05, 3.63) is 40.8 Å². The summed E-state index contributed by atoms with van der Waals surface area (Å²) in [7, 11) is 2.05. The zero-order valence-electron chi connectivity index (χ0n) is 10.8. The van der Waals surface area contributed by atoms with Crippen molar-refractivity contribution in [1.82, 2.24) is 9.88 Å². The van der Waals surface area contributed by atoms with Crippen LogP contribution in [0.4, 0.5) is 4.39 Å². The number of rotatable bonds is 1. The third-order valence-electron chi connectivity index (χ3n) is 3.67. The highest BCUT2D eigenvalue weighted by molar-refractivity contribution is 5.84. The molecule has 0 spiro atoms. The molecule has 19 heavy (non-hydrogen) atoms. The average Bonchev–Trinajstić information content (AvgIpc) is 2.40. The molecule has 3 rings (SSSR count). The smallest absolute Gasteiger partial charge is 0.123 e. The molecule has 0 N–H and O–H groups in total. The van der Waals surface area contributed by atoms with Gasteiger partial charge in [0.25, 0.3) is 0 Å². The van der Waals surface area contributed by atoms with E-state index in [9.17, 15) is 4.39 Å². The van der Waals surface area contributed by atoms with Crippen LogP contribution in [-0.2, 0) is 19.4 Å². The van der Waals surface area contributed by atoms with Crippen molar-refractivity contribution in [1.29, 1.82) is 5.26 Å². The summed E-state index contributed by atoms with van der Waals surface area (Å²) in [5.74, 6) is -0.280. The van der Waals surface area contributed by atoms with Crippen molar-refractivity contribution in [3.8, 4) is 6.07 Å². The lowest BCUT2D eigenvalue weighted by molar-refractivity contribution is 0.309. The van der Waals surface area contributed by atoms with E-state index < -0.39 is 0 Å². The van der Waals surface area contributed by atoms with Crippen LogP contribution in [0.25, 0.3) is 10.9 Å². The number of nitriles is 1. The van der Waals surface area contributed by atoms with Crippen molar-refractivity contribution in [3.63, 3.8) is 0 Å². The number of nitrogens with zero attached hydrogens (tertiary/aromatic N) is 3. The van der Waals surface area contributed by atoms with Gasteiger partial charge >= 0.3 is 0 Å². The van der Waals surface area contributed by atoms with E-state index in [4.69, 9.17) is 5.26 Å². The van der Waals surface area contributed by atoms with Gasteiger partial charge in [-0.2, -0.15) is 5.26 Å². The summed E-state index contributed by atoms with van der Waals surface area (Å²) in [5.41, 5.74) is 3.89. The van der Waals surface area contributed by atoms with Gasteiger partial charge in [-0.15, -0.1) is 0 Å². The first kappa shape index (κ1) is 12.1. The van der Waals surface area contributed by atoms with Gasteiger partial charge in [0.1, 0.15) is 5.82 Å². The largest absolute Gasteiger partial charge is 0.302 e. The lowest BCUT2D eigenvalue weighted by atomic mass is 9.94. The Hall–Kier alpha value is -1.99. The molecule has 2 heterocycles. The van der Waals surface area contributed by atoms with Crippen molar-refractivity contribution in [2.24, 2.45) is 0 Å². The molecule has 0 atom stereocenters. The molecule has 0 amide bonds. The number of aromatic nitrogens is 1. The number of hydrogen-bond acceptors (Lipinski definition) is 3. The molecule has 0 aliphatic carbocycles. The van der Waals surface area contributed by atoms with Gasteiger partial charge in [-0.1, -0.05) is 0 Å². The average molecular weight is 255 g/mol. The van der Waals surface area contributed by atoms with E-state index in [0.717, 1.165) is 47.2 Å². The van der Waals surface area contributed by atoms with E-state index in [-0.39, 0.29) is 5.82 Å². The Labute approximate surface area is 111 Å². The van der Waals surface area contributed by atoms with Gasteiger partial charge in [0.2, 0.25) is 0 Å². The topological polar surface area (TPSA) is 39.9 Å². The molecule has 0 unspecified atom stereocenters. The Morgan fingerprint density at radius 3 is 3.11 bits per heavy atom. The van der Waals surface area contributed by atoms with Crippen molar-refractivity contribution < 1.29 is 4.39 Å². The molecule has 0 radical (unpaired) electrons. The van der Waals surface area contributed by atoms with Crippen molar-refractivity contribution >= 4 is 10.9 Å². The van der Waals surface area contributed by atoms with E-state index in [0.29, 0.717) is 6.42 Å². The van der Waals surface area contributed by atoms with Crippen LogP contribution in [0.3, 0.4) is 0 Å². The summed E-state index contributed by atoms with van der Waals surface area (Å²) < 4.78 is 13.4. The van der Waals surface area contributed by atoms with E-state index >= 15 is 0 Å². The van der Waals surface area contributed by atoms with Gasteiger partial charge in [-0.05, 0) is 36.4 Å². The quantitative estimate of drug-likeness (QED) is 0.785. The summed E-state index contributed by atoms with van der Waals surface area (Å²) in [6.07, 6.45) is 1.19. The molecule has 4 heteroatoms. The molecule has 0 bridgehead atoms. The van der Waals surface area contributed by atoms with Crippen LogP contribution >= 0.6 is 0 Å². The van der Waals surface area contributed by atoms with Crippen LogP contribution in [-0.4, -0.2) is 23.5 Å². The predicted octanol–water partition coefficient (Wildman–Crippen LogP) is 2.43. The Morgan fingerprint density at radius 2 is 2.32 bits per heavy atom. The maximum Gasteiger partial charge on any atom is 0.123 e. The normalized spacial score (nSPS) is 15.2. The molecule has 0 saturated carbocycles. The summed E-state index contributed by atoms with van der Waals surface area (Å²) in [6.45, 7) is 1.75. The standard InChI is InChI=1S/C15H14FN3/c1-19-7-5-15-13(9-19)11(4-6-17)12-8-10(16)2-3-14(12)18-15/h2-3,8H,4-5,7,9H2,1H3. The van der Waals surface area contributed by atoms with Crippen LogP contribution in [0, 0.1) is 17.1 Å². The second kappa shape index (κ2) is 4.60. The van der Waals surface area contributed by atoms with Gasteiger partial charge in [0, 0.05) is 30.6 Å². The number of benzene rings is 1. The zero-order chi connectivity index (χ0) is 13.4. The van der Waals surface area contributed by atoms with Crippen molar-refractivity contribution in [2.75, 3.05) is 13.6 Å². The molecular weight excluding hydrogens is 241 g/mol. The van der Waals surface area contributed by atoms with Crippen LogP contribution in [0.1, 0.15) is 16.8 Å². The number of fused-ring (bicyclic) bond motifs is 2. The first-order valence-corrected chi connectivity index (χ1v) is 6.34. The fourth-order valence-electron chi connectivity index (χ4n) is 2.72. The molecule has 0 fully saturated rings. The maximum atomic E-state index is 13.4. The van der Waals surface area contributed by atoms with Crippen LogP contribution in [0.5, 0.6) is 0 Å². The monoisotopic (exact) mass is 255 g/mol. The zero-order valence-corrected chi connectivity index (χ0v) is 10.8. The molecule has 1 aromatic carbocycles. The minimum atomic E-state index is -0.280. The molecule has 1 aromatic heterocycles. The third kappa shape index (κ3) is 2.06. The van der Waals surface area contributed by atoms with Crippen LogP contribution < -0.4 is 0 Å². The van der Waals surface area contributed by atoms with E-state index in [1.165, 1.54) is 12.1 Å². The molecule has 1 aliphatic rings. The molecular formula is C15H14FN3. The molecule has 1 aliphatic heterocycles. The highest BCUT2D eigenvalue weighted by atomic mass is 19.1. The van der Waals surface area contributed by atoms with Crippen LogP contribution in [0.2, 0.25) is 0 Å². The number of halogens is 1. The first-order valence-electron chi connectivity index (χ1n) is 6.34. The van der Waals surface area contributed by atoms with E-state index in [2.05, 4.69) is 23.0 Å². The van der Waals surface area contributed by atoms with E-state index in [1.807, 2.05) is 0 Å². The summed E-state index contributed by atoms with van der Waals surface area (Å²) in [6, 6.07) is 6.80. The Bertz CT molecular complexity index is 688. The first-order chi connectivity index (χ1) is 9.19. The second-order valence-electron chi connectivity index (χ2n) is 5.00. The molecule has 0 saturated heterocycles. The minimum Gasteiger partial charge on any atom is -0.302 e. The summed E-state index contributed by atoms with van der Waals surface area (Å²) in [5, 5.41) is 9.81. The Balaban J connectivity index is 2.31. The molecule has 3 nitrogen and oxygen atoms in total. The summed E-state index contributed by atoms with van der Waals surface area (Å²) in [4.78, 5) is 6.84. The number of hydrogen-bond donors (Lipinski definition) is 0. The Kier molecular flexibility index (Phi) is 2.92. The van der Waals surface area contributed by atoms with Gasteiger partial charge < -0.3 is 4.90 Å². The third-order valence-corrected chi connectivity index (χ3v) is 3.67. The lowest BCUT2D eigenvalue weighted by Crippen LogP contribution is -2.28. The lowest BCUT2D eigenvalue weighted by Gasteiger charge is -2.26. The fourth-order valence-corrected chi connectivity index (χ4v) is 2.72. The van der Waals surface area contributed by atoms with Crippen LogP contribution in [0.15, 0.2) is 18.2 Å². The highest BCUT2D eigenvalue weighted by Gasteiger charge is 2.20. The maximum absolute atomic E-state index is 13.4. The fraction of sp³-hybridized carbons (Fsp3) is 0.333. The summed E-state index contributed by atoms with van der Waals surface area (Å²) >= 11 is 0. The number of pyridine rings is 1. The predicted molar refractivity (Wildman–Crippen MR) is 71.1 cm³/mol. The molecule has 96 valence electrons. The SMILES string of the molecule is CN1CCc2nc3ccc(F)cc3c(CC#N)c2C1. The van der Waals surface area contributed by atoms with Gasteiger partial charge in [0.15, 0.2) is 0 Å². The van der Waals surface area contributed by atoms with Gasteiger partial charge in [-0.25, -0.2) is 4.39 Å². The second-order valence-corrected chi connectivity index (χ2v) is 5.00. The van der Waals surface area contributed by atoms with Gasteiger partial charge in [0.05, 0.1) is 18.0 Å².